The minimum absolute atomic E-state index is 0.0988. The van der Waals surface area contributed by atoms with Crippen molar-refractivity contribution in [1.82, 2.24) is 15.0 Å². The molecule has 0 saturated carbocycles. The van der Waals surface area contributed by atoms with Crippen molar-refractivity contribution in [1.29, 1.82) is 0 Å². The van der Waals surface area contributed by atoms with E-state index < -0.39 is 5.82 Å². The van der Waals surface area contributed by atoms with Gasteiger partial charge in [0.25, 0.3) is 0 Å². The van der Waals surface area contributed by atoms with Crippen molar-refractivity contribution in [2.24, 2.45) is 0 Å². The third-order valence-corrected chi connectivity index (χ3v) is 5.72. The molecule has 4 aromatic rings. The number of hydrogen-bond acceptors (Lipinski definition) is 5. The topological polar surface area (TPSA) is 74.3 Å². The van der Waals surface area contributed by atoms with Crippen molar-refractivity contribution in [3.8, 4) is 17.1 Å². The lowest BCUT2D eigenvalue weighted by molar-refractivity contribution is 0.195. The van der Waals surface area contributed by atoms with Gasteiger partial charge >= 0.3 is 0 Å². The molecule has 1 aliphatic rings. The van der Waals surface area contributed by atoms with Crippen molar-refractivity contribution in [2.45, 2.75) is 6.04 Å². The molecule has 0 radical (unpaired) electrons. The van der Waals surface area contributed by atoms with Gasteiger partial charge in [-0.05, 0) is 42.0 Å². The zero-order chi connectivity index (χ0) is 21.5. The van der Waals surface area contributed by atoms with Crippen LogP contribution in [0.2, 0.25) is 0 Å². The van der Waals surface area contributed by atoms with E-state index in [1.807, 2.05) is 35.2 Å². The predicted molar refractivity (Wildman–Crippen MR) is 122 cm³/mol. The lowest BCUT2D eigenvalue weighted by Crippen LogP contribution is -2.43. The van der Waals surface area contributed by atoms with Crippen molar-refractivity contribution < 1.29 is 14.2 Å². The molecule has 156 valence electrons. The summed E-state index contributed by atoms with van der Waals surface area (Å²) in [4.78, 5) is 14.1. The number of aliphatic hydroxyl groups is 1. The number of hydrogen-bond donors (Lipinski definition) is 2. The van der Waals surface area contributed by atoms with E-state index in [1.165, 1.54) is 6.07 Å². The smallest absolute Gasteiger partial charge is 0.154 e. The van der Waals surface area contributed by atoms with Gasteiger partial charge in [0.2, 0.25) is 0 Å². The summed E-state index contributed by atoms with van der Waals surface area (Å²) in [6.07, 6.45) is 3.46. The third kappa shape index (κ3) is 3.37. The van der Waals surface area contributed by atoms with Crippen LogP contribution in [0, 0.1) is 5.82 Å². The second kappa shape index (κ2) is 7.79. The number of aromatic amines is 1. The lowest BCUT2D eigenvalue weighted by Gasteiger charge is -2.37. The van der Waals surface area contributed by atoms with Gasteiger partial charge in [0.05, 0.1) is 29.4 Å². The van der Waals surface area contributed by atoms with Crippen LogP contribution in [-0.2, 0) is 0 Å². The maximum Gasteiger partial charge on any atom is 0.154 e. The molecule has 2 N–H and O–H groups in total. The highest BCUT2D eigenvalue weighted by molar-refractivity contribution is 9.10. The lowest BCUT2D eigenvalue weighted by atomic mass is 10.1. The summed E-state index contributed by atoms with van der Waals surface area (Å²) in [5.74, 6) is 1.37. The van der Waals surface area contributed by atoms with Crippen LogP contribution in [0.25, 0.3) is 28.5 Å². The van der Waals surface area contributed by atoms with Gasteiger partial charge in [0.15, 0.2) is 11.6 Å². The SMILES string of the molecule is C=Cc1ccc(N2c3cccc(-c4nc5c(F)cc(Br)cc5[nH]4)c3OCC2CO)nc1. The standard InChI is InChI=1S/C23H18BrFN4O2/c1-2-13-6-7-20(26-10-13)29-15(11-30)12-31-22-16(4-3-5-19(22)29)23-27-18-9-14(24)8-17(25)21(18)28-23/h2-10,15,30H,1,11-12H2,(H,27,28). The van der Waals surface area contributed by atoms with Gasteiger partial charge in [-0.15, -0.1) is 0 Å². The Morgan fingerprint density at radius 2 is 2.19 bits per heavy atom. The maximum atomic E-state index is 14.4. The monoisotopic (exact) mass is 480 g/mol. The molecule has 2 aromatic heterocycles. The number of benzene rings is 2. The molecule has 5 rings (SSSR count). The number of halogens is 2. The van der Waals surface area contributed by atoms with Crippen LogP contribution >= 0.6 is 15.9 Å². The summed E-state index contributed by atoms with van der Waals surface area (Å²) < 4.78 is 21.0. The number of fused-ring (bicyclic) bond motifs is 2. The summed E-state index contributed by atoms with van der Waals surface area (Å²) >= 11 is 3.31. The van der Waals surface area contributed by atoms with Crippen molar-refractivity contribution >= 4 is 44.5 Å². The molecule has 0 bridgehead atoms. The number of nitrogens with one attached hydrogen (secondary N) is 1. The minimum Gasteiger partial charge on any atom is -0.488 e. The Labute approximate surface area is 186 Å². The largest absolute Gasteiger partial charge is 0.488 e. The van der Waals surface area contributed by atoms with E-state index in [9.17, 15) is 9.50 Å². The van der Waals surface area contributed by atoms with Crippen molar-refractivity contribution in [3.05, 3.63) is 71.1 Å². The van der Waals surface area contributed by atoms with Crippen LogP contribution in [0.3, 0.4) is 0 Å². The zero-order valence-electron chi connectivity index (χ0n) is 16.3. The summed E-state index contributed by atoms with van der Waals surface area (Å²) in [6.45, 7) is 3.93. The number of H-pyrrole nitrogens is 1. The fourth-order valence-corrected chi connectivity index (χ4v) is 4.21. The van der Waals surface area contributed by atoms with Crippen molar-refractivity contribution in [2.75, 3.05) is 18.1 Å². The van der Waals surface area contributed by atoms with Crippen molar-refractivity contribution in [3.63, 3.8) is 0 Å². The molecule has 1 atom stereocenters. The molecule has 0 amide bonds. The average molecular weight is 481 g/mol. The average Bonchev–Trinajstić information content (AvgIpc) is 3.22. The summed E-state index contributed by atoms with van der Waals surface area (Å²) in [5, 5.41) is 9.96. The van der Waals surface area contributed by atoms with Crippen LogP contribution in [0.5, 0.6) is 5.75 Å². The van der Waals surface area contributed by atoms with E-state index >= 15 is 0 Å². The minimum atomic E-state index is -0.411. The highest BCUT2D eigenvalue weighted by Gasteiger charge is 2.31. The van der Waals surface area contributed by atoms with Gasteiger partial charge in [-0.3, -0.25) is 0 Å². The number of pyridine rings is 1. The van der Waals surface area contributed by atoms with Gasteiger partial charge in [0, 0.05) is 10.7 Å². The molecule has 8 heteroatoms. The first kappa shape index (κ1) is 19.7. The van der Waals surface area contributed by atoms with Gasteiger partial charge in [-0.25, -0.2) is 14.4 Å². The van der Waals surface area contributed by atoms with Crippen LogP contribution in [0.1, 0.15) is 5.56 Å². The number of anilines is 2. The van der Waals surface area contributed by atoms with E-state index in [-0.39, 0.29) is 24.8 Å². The summed E-state index contributed by atoms with van der Waals surface area (Å²) in [6, 6.07) is 12.3. The molecule has 3 heterocycles. The van der Waals surface area contributed by atoms with Crippen LogP contribution in [0.4, 0.5) is 15.9 Å². The highest BCUT2D eigenvalue weighted by Crippen LogP contribution is 2.44. The second-order valence-corrected chi connectivity index (χ2v) is 8.11. The number of aromatic nitrogens is 3. The molecular weight excluding hydrogens is 463 g/mol. The molecule has 1 aliphatic heterocycles. The number of rotatable bonds is 4. The molecular formula is C23H18BrFN4O2. The van der Waals surface area contributed by atoms with E-state index in [0.29, 0.717) is 32.9 Å². The Kier molecular flexibility index (Phi) is 4.95. The summed E-state index contributed by atoms with van der Waals surface area (Å²) in [7, 11) is 0. The van der Waals surface area contributed by atoms with Gasteiger partial charge in [-0.2, -0.15) is 0 Å². The highest BCUT2D eigenvalue weighted by atomic mass is 79.9. The maximum absolute atomic E-state index is 14.4. The molecule has 6 nitrogen and oxygen atoms in total. The third-order valence-electron chi connectivity index (χ3n) is 5.26. The molecule has 0 aliphatic carbocycles. The Morgan fingerprint density at radius 1 is 1.32 bits per heavy atom. The van der Waals surface area contributed by atoms with Crippen LogP contribution < -0.4 is 9.64 Å². The Bertz CT molecular complexity index is 1290. The van der Waals surface area contributed by atoms with E-state index in [2.05, 4.69) is 37.5 Å². The normalized spacial score (nSPS) is 15.6. The predicted octanol–water partition coefficient (Wildman–Crippen LogP) is 5.06. The Morgan fingerprint density at radius 3 is 2.94 bits per heavy atom. The van der Waals surface area contributed by atoms with E-state index in [1.54, 1.807) is 18.3 Å². The van der Waals surface area contributed by atoms with Gasteiger partial charge in [-0.1, -0.05) is 34.7 Å². The number of para-hydroxylation sites is 1. The first-order valence-electron chi connectivity index (χ1n) is 9.68. The van der Waals surface area contributed by atoms with Gasteiger partial charge < -0.3 is 19.7 Å². The zero-order valence-corrected chi connectivity index (χ0v) is 17.9. The Balaban J connectivity index is 1.65. The number of ether oxygens (including phenoxy) is 1. The van der Waals surface area contributed by atoms with E-state index in [4.69, 9.17) is 4.74 Å². The van der Waals surface area contributed by atoms with Gasteiger partial charge in [0.1, 0.15) is 23.8 Å². The quantitative estimate of drug-likeness (QED) is 0.426. The number of nitrogens with zero attached hydrogens (tertiary/aromatic N) is 3. The molecule has 0 spiro atoms. The van der Waals surface area contributed by atoms with E-state index in [0.717, 1.165) is 11.3 Å². The number of aliphatic hydroxyl groups excluding tert-OH is 1. The van der Waals surface area contributed by atoms with Crippen LogP contribution in [-0.4, -0.2) is 39.3 Å². The second-order valence-electron chi connectivity index (χ2n) is 7.19. The number of imidazole rings is 1. The molecule has 31 heavy (non-hydrogen) atoms. The summed E-state index contributed by atoms with van der Waals surface area (Å²) in [5.41, 5.74) is 3.21. The molecule has 0 saturated heterocycles. The Hall–Kier alpha value is -3.23. The first-order valence-corrected chi connectivity index (χ1v) is 10.5. The molecule has 1 unspecified atom stereocenters. The molecule has 2 aromatic carbocycles. The fourth-order valence-electron chi connectivity index (χ4n) is 3.78. The molecule has 0 fully saturated rings. The fraction of sp³-hybridized carbons (Fsp3) is 0.130. The van der Waals surface area contributed by atoms with Crippen LogP contribution in [0.15, 0.2) is 59.7 Å². The first-order chi connectivity index (χ1) is 15.1.